The molecule has 0 aliphatic carbocycles. The summed E-state index contributed by atoms with van der Waals surface area (Å²) in [5.41, 5.74) is 14.3. The van der Waals surface area contributed by atoms with Crippen LogP contribution >= 0.6 is 0 Å². The highest BCUT2D eigenvalue weighted by atomic mass is 19.1. The number of guanidine groups is 1. The topological polar surface area (TPSA) is 151 Å². The number of piperazine rings is 1. The number of carbonyl (C=O) groups excluding carboxylic acids is 2. The first-order valence-electron chi connectivity index (χ1n) is 11.8. The molecule has 0 bridgehead atoms. The number of anilines is 1. The van der Waals surface area contributed by atoms with Crippen LogP contribution in [0, 0.1) is 5.82 Å². The Kier molecular flexibility index (Phi) is 7.96. The van der Waals surface area contributed by atoms with Crippen LogP contribution in [0.5, 0.6) is 0 Å². The van der Waals surface area contributed by atoms with Crippen LogP contribution < -0.4 is 21.7 Å². The molecule has 2 aromatic rings. The van der Waals surface area contributed by atoms with Crippen molar-refractivity contribution in [2.24, 2.45) is 26.8 Å². The van der Waals surface area contributed by atoms with Gasteiger partial charge < -0.3 is 31.4 Å². The smallest absolute Gasteiger partial charge is 0.248 e. The van der Waals surface area contributed by atoms with Crippen LogP contribution in [0.25, 0.3) is 0 Å². The van der Waals surface area contributed by atoms with E-state index in [0.717, 1.165) is 5.56 Å². The SMILES string of the molecule is CC(=O)NCC1CC(c2ccc(N3CCN(/C(N)=N/N=C\c4ccc(C(N)=O)cc4)CC3)c(F)c2)=NO1. The average molecular weight is 509 g/mol. The summed E-state index contributed by atoms with van der Waals surface area (Å²) < 4.78 is 15.0. The van der Waals surface area contributed by atoms with Gasteiger partial charge in [0.1, 0.15) is 11.9 Å². The number of carbonyl (C=O) groups is 2. The van der Waals surface area contributed by atoms with E-state index >= 15 is 0 Å². The van der Waals surface area contributed by atoms with Crippen molar-refractivity contribution in [3.63, 3.8) is 0 Å². The number of hydrogen-bond acceptors (Lipinski definition) is 7. The summed E-state index contributed by atoms with van der Waals surface area (Å²) in [5.74, 6) is -0.699. The Labute approximate surface area is 213 Å². The van der Waals surface area contributed by atoms with Gasteiger partial charge in [-0.05, 0) is 29.8 Å². The third-order valence-electron chi connectivity index (χ3n) is 6.10. The number of oxime groups is 1. The Bertz CT molecular complexity index is 1240. The summed E-state index contributed by atoms with van der Waals surface area (Å²) in [4.78, 5) is 31.4. The van der Waals surface area contributed by atoms with Crippen LogP contribution in [0.3, 0.4) is 0 Å². The van der Waals surface area contributed by atoms with Crippen LogP contribution in [0.15, 0.2) is 57.8 Å². The summed E-state index contributed by atoms with van der Waals surface area (Å²) in [6, 6.07) is 11.7. The lowest BCUT2D eigenvalue weighted by Gasteiger charge is -2.36. The van der Waals surface area contributed by atoms with Gasteiger partial charge in [0.2, 0.25) is 17.8 Å². The summed E-state index contributed by atoms with van der Waals surface area (Å²) in [7, 11) is 0. The molecule has 4 rings (SSSR count). The molecule has 5 N–H and O–H groups in total. The first-order chi connectivity index (χ1) is 17.8. The van der Waals surface area contributed by atoms with E-state index in [1.807, 2.05) is 15.9 Å². The van der Waals surface area contributed by atoms with E-state index in [1.165, 1.54) is 19.2 Å². The maximum absolute atomic E-state index is 15.0. The number of halogens is 1. The number of nitrogens with two attached hydrogens (primary N) is 2. The third-order valence-corrected chi connectivity index (χ3v) is 6.10. The van der Waals surface area contributed by atoms with Gasteiger partial charge in [-0.3, -0.25) is 9.59 Å². The molecule has 1 unspecified atom stereocenters. The Morgan fingerprint density at radius 3 is 2.54 bits per heavy atom. The van der Waals surface area contributed by atoms with Crippen molar-refractivity contribution in [2.75, 3.05) is 37.6 Å². The largest absolute Gasteiger partial charge is 0.390 e. The van der Waals surface area contributed by atoms with Crippen molar-refractivity contribution < 1.29 is 18.8 Å². The van der Waals surface area contributed by atoms with Crippen molar-refractivity contribution in [2.45, 2.75) is 19.4 Å². The molecule has 1 fully saturated rings. The van der Waals surface area contributed by atoms with Gasteiger partial charge in [-0.25, -0.2) is 4.39 Å². The number of nitrogens with zero attached hydrogens (tertiary/aromatic N) is 5. The van der Waals surface area contributed by atoms with Crippen LogP contribution in [-0.2, 0) is 9.63 Å². The minimum absolute atomic E-state index is 0.137. The van der Waals surface area contributed by atoms with Crippen LogP contribution in [0.4, 0.5) is 10.1 Å². The first kappa shape index (κ1) is 25.6. The molecule has 2 aliphatic heterocycles. The zero-order valence-electron chi connectivity index (χ0n) is 20.4. The molecular weight excluding hydrogens is 479 g/mol. The molecule has 194 valence electrons. The number of primary amides is 1. The van der Waals surface area contributed by atoms with E-state index < -0.39 is 5.91 Å². The number of amides is 2. The number of nitrogens with one attached hydrogen (secondary N) is 1. The molecule has 11 nitrogen and oxygen atoms in total. The van der Waals surface area contributed by atoms with Crippen molar-refractivity contribution in [3.8, 4) is 0 Å². The third kappa shape index (κ3) is 6.60. The van der Waals surface area contributed by atoms with Crippen LogP contribution in [-0.4, -0.2) is 73.4 Å². The second kappa shape index (κ2) is 11.5. The van der Waals surface area contributed by atoms with Gasteiger partial charge in [-0.2, -0.15) is 5.10 Å². The van der Waals surface area contributed by atoms with Gasteiger partial charge in [-0.15, -0.1) is 5.10 Å². The fourth-order valence-corrected chi connectivity index (χ4v) is 4.04. The fraction of sp³-hybridized carbons (Fsp3) is 0.320. The second-order valence-electron chi connectivity index (χ2n) is 8.74. The lowest BCUT2D eigenvalue weighted by Crippen LogP contribution is -2.51. The summed E-state index contributed by atoms with van der Waals surface area (Å²) >= 11 is 0. The molecule has 2 aromatic carbocycles. The Balaban J connectivity index is 1.29. The van der Waals surface area contributed by atoms with E-state index in [9.17, 15) is 14.0 Å². The normalized spacial score (nSPS) is 18.1. The summed E-state index contributed by atoms with van der Waals surface area (Å²) in [6.07, 6.45) is 1.78. The average Bonchev–Trinajstić information content (AvgIpc) is 3.37. The monoisotopic (exact) mass is 508 g/mol. The van der Waals surface area contributed by atoms with Gasteiger partial charge in [-0.1, -0.05) is 23.4 Å². The molecule has 0 spiro atoms. The predicted molar refractivity (Wildman–Crippen MR) is 139 cm³/mol. The maximum atomic E-state index is 15.0. The van der Waals surface area contributed by atoms with Gasteiger partial charge in [0.25, 0.3) is 0 Å². The molecule has 2 aliphatic rings. The quantitative estimate of drug-likeness (QED) is 0.289. The van der Waals surface area contributed by atoms with Gasteiger partial charge in [0.15, 0.2) is 0 Å². The van der Waals surface area contributed by atoms with Crippen molar-refractivity contribution >= 4 is 35.4 Å². The summed E-state index contributed by atoms with van der Waals surface area (Å²) in [5, 5.41) is 14.8. The Morgan fingerprint density at radius 2 is 1.89 bits per heavy atom. The molecule has 12 heteroatoms. The number of rotatable bonds is 7. The minimum atomic E-state index is -0.494. The molecular formula is C25H29FN8O3. The molecule has 2 heterocycles. The van der Waals surface area contributed by atoms with Crippen LogP contribution in [0.2, 0.25) is 0 Å². The van der Waals surface area contributed by atoms with Crippen LogP contribution in [0.1, 0.15) is 34.8 Å². The first-order valence-corrected chi connectivity index (χ1v) is 11.8. The van der Waals surface area contributed by atoms with E-state index in [-0.39, 0.29) is 23.8 Å². The van der Waals surface area contributed by atoms with Crippen molar-refractivity contribution in [1.29, 1.82) is 0 Å². The van der Waals surface area contributed by atoms with Gasteiger partial charge >= 0.3 is 0 Å². The van der Waals surface area contributed by atoms with E-state index in [2.05, 4.69) is 20.7 Å². The van der Waals surface area contributed by atoms with Gasteiger partial charge in [0.05, 0.1) is 24.2 Å². The highest BCUT2D eigenvalue weighted by Crippen LogP contribution is 2.25. The van der Waals surface area contributed by atoms with Crippen molar-refractivity contribution in [1.82, 2.24) is 10.2 Å². The predicted octanol–water partition coefficient (Wildman–Crippen LogP) is 1.02. The molecule has 0 radical (unpaired) electrons. The maximum Gasteiger partial charge on any atom is 0.248 e. The molecule has 0 saturated carbocycles. The second-order valence-corrected chi connectivity index (χ2v) is 8.74. The highest BCUT2D eigenvalue weighted by molar-refractivity contribution is 6.01. The van der Waals surface area contributed by atoms with E-state index in [1.54, 1.807) is 30.3 Å². The van der Waals surface area contributed by atoms with E-state index in [0.29, 0.717) is 61.7 Å². The minimum Gasteiger partial charge on any atom is -0.390 e. The zero-order valence-corrected chi connectivity index (χ0v) is 20.4. The standard InChI is InChI=1S/C25H29FN8O3/c1-16(35)29-15-20-13-22(32-37-20)19-6-7-23(21(26)12-19)33-8-10-34(11-9-33)25(28)31-30-14-17-2-4-18(5-3-17)24(27)36/h2-7,12,14,20H,8-11,13,15H2,1H3,(H2,27,36)(H2,28,31)(H,29,35)/b30-14-. The fourth-order valence-electron chi connectivity index (χ4n) is 4.04. The van der Waals surface area contributed by atoms with Gasteiger partial charge in [0, 0.05) is 50.7 Å². The number of benzene rings is 2. The number of hydrogen-bond donors (Lipinski definition) is 3. The molecule has 2 amide bonds. The lowest BCUT2D eigenvalue weighted by atomic mass is 10.0. The lowest BCUT2D eigenvalue weighted by molar-refractivity contribution is -0.119. The Morgan fingerprint density at radius 1 is 1.16 bits per heavy atom. The highest BCUT2D eigenvalue weighted by Gasteiger charge is 2.25. The molecule has 1 saturated heterocycles. The zero-order chi connectivity index (χ0) is 26.4. The van der Waals surface area contributed by atoms with E-state index in [4.69, 9.17) is 16.3 Å². The van der Waals surface area contributed by atoms with Crippen molar-refractivity contribution in [3.05, 3.63) is 65.0 Å². The molecule has 37 heavy (non-hydrogen) atoms. The summed E-state index contributed by atoms with van der Waals surface area (Å²) in [6.45, 7) is 4.04. The molecule has 1 atom stereocenters. The molecule has 0 aromatic heterocycles. The Hall–Kier alpha value is -4.48.